The summed E-state index contributed by atoms with van der Waals surface area (Å²) in [7, 11) is -1.49. The van der Waals surface area contributed by atoms with Gasteiger partial charge < -0.3 is 0 Å². The van der Waals surface area contributed by atoms with Crippen LogP contribution < -0.4 is 0 Å². The fraction of sp³-hybridized carbons (Fsp3) is 0. The number of fused-ring (bicyclic) bond motifs is 10. The normalized spacial score (nSPS) is 16.0. The molecule has 0 atom stereocenters. The quantitative estimate of drug-likeness (QED) is 0.351. The van der Waals surface area contributed by atoms with E-state index in [1.54, 1.807) is 0 Å². The summed E-state index contributed by atoms with van der Waals surface area (Å²) in [4.78, 5) is 14.9. The Hall–Kier alpha value is -2.91. The minimum Gasteiger partial charge on any atom is -0.253 e. The van der Waals surface area contributed by atoms with Crippen LogP contribution >= 0.6 is 10.0 Å². The molecule has 2 aromatic heterocycles. The summed E-state index contributed by atoms with van der Waals surface area (Å²) in [6.07, 6.45) is 3.75. The molecule has 6 rings (SSSR count). The highest BCUT2D eigenvalue weighted by Crippen LogP contribution is 2.84. The van der Waals surface area contributed by atoms with Gasteiger partial charge in [0.15, 0.2) is 0 Å². The van der Waals surface area contributed by atoms with Gasteiger partial charge in [0.25, 0.3) is 0 Å². The molecule has 4 aromatic rings. The molecule has 4 heterocycles. The summed E-state index contributed by atoms with van der Waals surface area (Å²) < 4.78 is 0. The first-order valence-electron chi connectivity index (χ1n) is 8.35. The lowest BCUT2D eigenvalue weighted by atomic mass is 10.1. The van der Waals surface area contributed by atoms with Crippen LogP contribution in [0.15, 0.2) is 105 Å². The minimum atomic E-state index is -1.49. The number of benzene rings is 2. The van der Waals surface area contributed by atoms with Crippen LogP contribution in [0.4, 0.5) is 0 Å². The lowest BCUT2D eigenvalue weighted by Gasteiger charge is -2.35. The van der Waals surface area contributed by atoms with Gasteiger partial charge in [-0.3, -0.25) is 9.97 Å². The number of rotatable bonds is 0. The van der Waals surface area contributed by atoms with Gasteiger partial charge in [-0.05, 0) is 47.5 Å². The third kappa shape index (κ3) is 1.44. The third-order valence-corrected chi connectivity index (χ3v) is 9.16. The number of hydrogen-bond acceptors (Lipinski definition) is 2. The molecule has 0 aliphatic carbocycles. The first kappa shape index (κ1) is 13.4. The average Bonchev–Trinajstić information content (AvgIpc) is 3.16. The molecule has 0 N–H and O–H groups in total. The van der Waals surface area contributed by atoms with Crippen molar-refractivity contribution in [3.8, 4) is 22.5 Å². The fourth-order valence-corrected chi connectivity index (χ4v) is 8.70. The highest BCUT2D eigenvalue weighted by molar-refractivity contribution is 8.34. The fourth-order valence-electron chi connectivity index (χ4n) is 4.25. The van der Waals surface area contributed by atoms with E-state index in [1.165, 1.54) is 30.7 Å². The van der Waals surface area contributed by atoms with E-state index < -0.39 is 10.0 Å². The second-order valence-electron chi connectivity index (χ2n) is 6.30. The lowest BCUT2D eigenvalue weighted by Crippen LogP contribution is -1.97. The molecule has 0 fully saturated rings. The van der Waals surface area contributed by atoms with E-state index in [0.717, 1.165) is 11.4 Å². The third-order valence-electron chi connectivity index (χ3n) is 5.15. The predicted molar refractivity (Wildman–Crippen MR) is 100 cm³/mol. The van der Waals surface area contributed by atoms with Gasteiger partial charge in [0, 0.05) is 32.0 Å². The van der Waals surface area contributed by atoms with Crippen LogP contribution in [0, 0.1) is 0 Å². The molecule has 2 aliphatic heterocycles. The number of hydrogen-bond donors (Lipinski definition) is 0. The smallest absolute Gasteiger partial charge is 0.103 e. The predicted octanol–water partition coefficient (Wildman–Crippen LogP) is 5.78. The van der Waals surface area contributed by atoms with Gasteiger partial charge in [-0.2, -0.15) is 0 Å². The second kappa shape index (κ2) is 4.58. The number of aromatic nitrogens is 2. The van der Waals surface area contributed by atoms with Crippen LogP contribution in [-0.2, 0) is 0 Å². The van der Waals surface area contributed by atoms with E-state index in [1.807, 2.05) is 12.4 Å². The summed E-state index contributed by atoms with van der Waals surface area (Å²) in [5.41, 5.74) is 4.78. The molecule has 0 saturated carbocycles. The van der Waals surface area contributed by atoms with Crippen molar-refractivity contribution in [1.82, 2.24) is 9.97 Å². The Bertz CT molecular complexity index is 978. The zero-order valence-electron chi connectivity index (χ0n) is 13.4. The maximum absolute atomic E-state index is 4.72. The lowest BCUT2D eigenvalue weighted by molar-refractivity contribution is 1.18. The Balaban J connectivity index is 1.89. The van der Waals surface area contributed by atoms with Crippen LogP contribution in [0.2, 0.25) is 0 Å². The molecule has 3 heteroatoms. The largest absolute Gasteiger partial charge is 0.253 e. The molecule has 0 saturated heterocycles. The Labute approximate surface area is 147 Å². The van der Waals surface area contributed by atoms with E-state index in [-0.39, 0.29) is 0 Å². The van der Waals surface area contributed by atoms with Crippen molar-refractivity contribution < 1.29 is 0 Å². The van der Waals surface area contributed by atoms with Gasteiger partial charge in [0.05, 0.1) is 0 Å². The number of pyridine rings is 2. The molecule has 0 radical (unpaired) electrons. The van der Waals surface area contributed by atoms with Crippen LogP contribution in [0.25, 0.3) is 22.5 Å². The molecular weight excluding hydrogens is 324 g/mol. The van der Waals surface area contributed by atoms with E-state index in [9.17, 15) is 0 Å². The Morgan fingerprint density at radius 2 is 0.920 bits per heavy atom. The van der Waals surface area contributed by atoms with Crippen molar-refractivity contribution in [2.75, 3.05) is 0 Å². The van der Waals surface area contributed by atoms with E-state index in [4.69, 9.17) is 9.97 Å². The first-order valence-corrected chi connectivity index (χ1v) is 9.98. The summed E-state index contributed by atoms with van der Waals surface area (Å²) in [6.45, 7) is 0. The van der Waals surface area contributed by atoms with Crippen molar-refractivity contribution in [3.63, 3.8) is 0 Å². The molecule has 0 amide bonds. The summed E-state index contributed by atoms with van der Waals surface area (Å²) in [5, 5.41) is 0. The van der Waals surface area contributed by atoms with Crippen LogP contribution in [0.3, 0.4) is 0 Å². The molecule has 1 spiro atoms. The maximum Gasteiger partial charge on any atom is 0.103 e. The molecular formula is C22H14N2S. The van der Waals surface area contributed by atoms with Crippen LogP contribution in [0.5, 0.6) is 0 Å². The van der Waals surface area contributed by atoms with Crippen molar-refractivity contribution in [1.29, 1.82) is 0 Å². The molecule has 118 valence electrons. The first-order chi connectivity index (χ1) is 12.4. The molecule has 2 aromatic carbocycles. The molecule has 2 nitrogen and oxygen atoms in total. The van der Waals surface area contributed by atoms with Gasteiger partial charge in [-0.15, -0.1) is 10.0 Å². The SMILES string of the molecule is c1ccc2c(c1)-c1ccccc1S21c2cccnc2-c2ncccc21. The zero-order valence-corrected chi connectivity index (χ0v) is 14.2. The zero-order chi connectivity index (χ0) is 16.4. The van der Waals surface area contributed by atoms with Crippen molar-refractivity contribution in [2.24, 2.45) is 0 Å². The van der Waals surface area contributed by atoms with Crippen molar-refractivity contribution >= 4 is 10.0 Å². The average molecular weight is 338 g/mol. The maximum atomic E-state index is 4.72. The molecule has 25 heavy (non-hydrogen) atoms. The van der Waals surface area contributed by atoms with Crippen LogP contribution in [-0.4, -0.2) is 9.97 Å². The van der Waals surface area contributed by atoms with E-state index in [2.05, 4.69) is 72.8 Å². The summed E-state index contributed by atoms with van der Waals surface area (Å²) in [6, 6.07) is 26.3. The summed E-state index contributed by atoms with van der Waals surface area (Å²) in [5.74, 6) is 0. The second-order valence-corrected chi connectivity index (χ2v) is 9.29. The summed E-state index contributed by atoms with van der Waals surface area (Å²) >= 11 is 0. The van der Waals surface area contributed by atoms with E-state index >= 15 is 0 Å². The Morgan fingerprint density at radius 3 is 1.44 bits per heavy atom. The van der Waals surface area contributed by atoms with Gasteiger partial charge in [-0.25, -0.2) is 0 Å². The van der Waals surface area contributed by atoms with Crippen molar-refractivity contribution in [2.45, 2.75) is 19.6 Å². The Kier molecular flexibility index (Phi) is 2.46. The van der Waals surface area contributed by atoms with Crippen LogP contribution in [0.1, 0.15) is 0 Å². The monoisotopic (exact) mass is 338 g/mol. The van der Waals surface area contributed by atoms with Gasteiger partial charge >= 0.3 is 0 Å². The highest BCUT2D eigenvalue weighted by atomic mass is 32.3. The highest BCUT2D eigenvalue weighted by Gasteiger charge is 2.48. The molecule has 0 bridgehead atoms. The van der Waals surface area contributed by atoms with E-state index in [0.29, 0.717) is 0 Å². The topological polar surface area (TPSA) is 25.8 Å². The van der Waals surface area contributed by atoms with Crippen molar-refractivity contribution in [3.05, 3.63) is 85.2 Å². The minimum absolute atomic E-state index is 1.04. The Morgan fingerprint density at radius 1 is 0.480 bits per heavy atom. The van der Waals surface area contributed by atoms with Gasteiger partial charge in [0.2, 0.25) is 0 Å². The molecule has 0 unspecified atom stereocenters. The number of nitrogens with zero attached hydrogens (tertiary/aromatic N) is 2. The molecule has 2 aliphatic rings. The van der Waals surface area contributed by atoms with Gasteiger partial charge in [-0.1, -0.05) is 36.4 Å². The standard InChI is InChI=1S/C22H14N2S/c1-3-9-17-15(7-1)16-8-2-4-10-18(16)25(17)19-11-5-13-23-21(19)22-20(25)12-6-14-24-22/h1-14H. The van der Waals surface area contributed by atoms with Gasteiger partial charge in [0.1, 0.15) is 11.4 Å².